The zero-order chi connectivity index (χ0) is 25.5. The lowest BCUT2D eigenvalue weighted by Crippen LogP contribution is -2.42. The fourth-order valence-corrected chi connectivity index (χ4v) is 5.63. The molecule has 1 N–H and O–H groups in total. The summed E-state index contributed by atoms with van der Waals surface area (Å²) in [5, 5.41) is 10.3. The molecule has 0 spiro atoms. The number of likely N-dealkylation sites (tertiary alicyclic amines) is 1. The van der Waals surface area contributed by atoms with E-state index in [0.29, 0.717) is 24.2 Å². The smallest absolute Gasteiger partial charge is 0.303 e. The number of hydrogen-bond donors (Lipinski definition) is 1. The first-order chi connectivity index (χ1) is 17.4. The Morgan fingerprint density at radius 3 is 2.86 bits per heavy atom. The van der Waals surface area contributed by atoms with E-state index in [-0.39, 0.29) is 18.3 Å². The van der Waals surface area contributed by atoms with Crippen LogP contribution in [0.1, 0.15) is 55.0 Å². The molecule has 1 aliphatic heterocycles. The Hall–Kier alpha value is -2.99. The highest BCUT2D eigenvalue weighted by Gasteiger charge is 2.31. The van der Waals surface area contributed by atoms with Crippen LogP contribution >= 0.6 is 0 Å². The molecule has 4 rings (SSSR count). The van der Waals surface area contributed by atoms with Gasteiger partial charge in [0.15, 0.2) is 0 Å². The Balaban J connectivity index is 1.34. The number of halogens is 1. The number of alkyl halides is 1. The molecule has 3 aromatic rings. The normalized spacial score (nSPS) is 19.3. The Bertz CT molecular complexity index is 1170. The molecule has 3 atom stereocenters. The van der Waals surface area contributed by atoms with Gasteiger partial charge in [0.1, 0.15) is 11.9 Å². The molecule has 2 aromatic carbocycles. The van der Waals surface area contributed by atoms with Crippen LogP contribution < -0.4 is 4.74 Å². The maximum atomic E-state index is 15.5. The summed E-state index contributed by atoms with van der Waals surface area (Å²) in [6.07, 6.45) is 4.73. The van der Waals surface area contributed by atoms with Crippen LogP contribution in [-0.4, -0.2) is 47.7 Å². The number of rotatable bonds is 11. The highest BCUT2D eigenvalue weighted by Crippen LogP contribution is 2.36. The van der Waals surface area contributed by atoms with Gasteiger partial charge in [0.25, 0.3) is 0 Å². The molecular weight excluding hydrogens is 455 g/mol. The van der Waals surface area contributed by atoms with E-state index in [2.05, 4.69) is 41.1 Å². The highest BCUT2D eigenvalue weighted by molar-refractivity contribution is 5.83. The number of pyridine rings is 1. The SMILES string of the molecule is COc1ccc2nccc([C@H](F)CC[C@@H]3CCN(CCCc4cccc(C)c4)C[C@@H]3CC(=O)O)c2c1. The third-order valence-corrected chi connectivity index (χ3v) is 7.55. The lowest BCUT2D eigenvalue weighted by molar-refractivity contribution is -0.139. The first kappa shape index (κ1) is 26.1. The number of methoxy groups -OCH3 is 1. The Morgan fingerprint density at radius 2 is 2.08 bits per heavy atom. The van der Waals surface area contributed by atoms with Gasteiger partial charge in [-0.05, 0) is 99.3 Å². The van der Waals surface area contributed by atoms with Gasteiger partial charge in [0, 0.05) is 24.5 Å². The molecule has 1 fully saturated rings. The minimum Gasteiger partial charge on any atom is -0.497 e. The largest absolute Gasteiger partial charge is 0.497 e. The van der Waals surface area contributed by atoms with Crippen molar-refractivity contribution in [2.45, 2.75) is 51.6 Å². The number of aryl methyl sites for hydroxylation is 2. The van der Waals surface area contributed by atoms with E-state index in [1.165, 1.54) is 11.1 Å². The number of aliphatic carboxylic acids is 1. The molecule has 1 aliphatic rings. The van der Waals surface area contributed by atoms with Crippen molar-refractivity contribution in [3.63, 3.8) is 0 Å². The van der Waals surface area contributed by atoms with Crippen LogP contribution in [0.15, 0.2) is 54.7 Å². The summed E-state index contributed by atoms with van der Waals surface area (Å²) in [7, 11) is 1.60. The van der Waals surface area contributed by atoms with Crippen LogP contribution in [-0.2, 0) is 11.2 Å². The molecule has 5 nitrogen and oxygen atoms in total. The van der Waals surface area contributed by atoms with E-state index in [0.717, 1.165) is 49.8 Å². The summed E-state index contributed by atoms with van der Waals surface area (Å²) in [5.41, 5.74) is 4.00. The zero-order valence-corrected chi connectivity index (χ0v) is 21.3. The van der Waals surface area contributed by atoms with Crippen LogP contribution in [0.5, 0.6) is 5.75 Å². The molecule has 2 heterocycles. The third kappa shape index (κ3) is 6.82. The predicted molar refractivity (Wildman–Crippen MR) is 141 cm³/mol. The molecule has 192 valence electrons. The molecular formula is C30H37FN2O3. The lowest BCUT2D eigenvalue weighted by Gasteiger charge is -2.38. The van der Waals surface area contributed by atoms with Gasteiger partial charge >= 0.3 is 5.97 Å². The number of ether oxygens (including phenoxy) is 1. The molecule has 0 radical (unpaired) electrons. The van der Waals surface area contributed by atoms with Gasteiger partial charge in [-0.25, -0.2) is 4.39 Å². The second kappa shape index (κ2) is 12.3. The number of nitrogens with zero attached hydrogens (tertiary/aromatic N) is 2. The number of carboxylic acids is 1. The monoisotopic (exact) mass is 492 g/mol. The number of benzene rings is 2. The topological polar surface area (TPSA) is 62.7 Å². The summed E-state index contributed by atoms with van der Waals surface area (Å²) in [6, 6.07) is 15.9. The number of carboxylic acid groups (broad SMARTS) is 1. The second-order valence-electron chi connectivity index (χ2n) is 10.1. The van der Waals surface area contributed by atoms with E-state index < -0.39 is 12.1 Å². The average Bonchev–Trinajstić information content (AvgIpc) is 2.87. The minimum absolute atomic E-state index is 0.0525. The Labute approximate surface area is 213 Å². The Kier molecular flexibility index (Phi) is 8.92. The van der Waals surface area contributed by atoms with Gasteiger partial charge < -0.3 is 14.7 Å². The van der Waals surface area contributed by atoms with Crippen molar-refractivity contribution in [2.24, 2.45) is 11.8 Å². The van der Waals surface area contributed by atoms with Gasteiger partial charge in [-0.2, -0.15) is 0 Å². The maximum absolute atomic E-state index is 15.5. The van der Waals surface area contributed by atoms with Crippen LogP contribution in [0.25, 0.3) is 10.9 Å². The summed E-state index contributed by atoms with van der Waals surface area (Å²) >= 11 is 0. The molecule has 0 unspecified atom stereocenters. The number of aromatic nitrogens is 1. The number of carbonyl (C=O) groups is 1. The summed E-state index contributed by atoms with van der Waals surface area (Å²) < 4.78 is 20.8. The van der Waals surface area contributed by atoms with E-state index >= 15 is 4.39 Å². The van der Waals surface area contributed by atoms with Crippen molar-refractivity contribution in [3.8, 4) is 5.75 Å². The third-order valence-electron chi connectivity index (χ3n) is 7.55. The van der Waals surface area contributed by atoms with Gasteiger partial charge in [-0.3, -0.25) is 9.78 Å². The predicted octanol–water partition coefficient (Wildman–Crippen LogP) is 6.39. The minimum atomic E-state index is -1.12. The lowest BCUT2D eigenvalue weighted by atomic mass is 9.79. The molecule has 6 heteroatoms. The molecule has 1 saturated heterocycles. The molecule has 1 aromatic heterocycles. The van der Waals surface area contributed by atoms with E-state index in [1.807, 2.05) is 18.2 Å². The first-order valence-corrected chi connectivity index (χ1v) is 13.0. The number of hydrogen-bond acceptors (Lipinski definition) is 4. The summed E-state index contributed by atoms with van der Waals surface area (Å²) in [4.78, 5) is 18.4. The van der Waals surface area contributed by atoms with Gasteiger partial charge in [-0.15, -0.1) is 0 Å². The van der Waals surface area contributed by atoms with Gasteiger partial charge in [0.2, 0.25) is 0 Å². The van der Waals surface area contributed by atoms with Gasteiger partial charge in [0.05, 0.1) is 12.6 Å². The fraction of sp³-hybridized carbons (Fsp3) is 0.467. The van der Waals surface area contributed by atoms with E-state index in [1.54, 1.807) is 19.4 Å². The van der Waals surface area contributed by atoms with Crippen LogP contribution in [0.4, 0.5) is 4.39 Å². The second-order valence-corrected chi connectivity index (χ2v) is 10.1. The van der Waals surface area contributed by atoms with Crippen molar-refractivity contribution in [2.75, 3.05) is 26.7 Å². The number of piperidine rings is 1. The van der Waals surface area contributed by atoms with E-state index in [9.17, 15) is 9.90 Å². The average molecular weight is 493 g/mol. The summed E-state index contributed by atoms with van der Waals surface area (Å²) in [6.45, 7) is 4.80. The maximum Gasteiger partial charge on any atom is 0.303 e. The molecule has 0 amide bonds. The molecule has 0 bridgehead atoms. The van der Waals surface area contributed by atoms with E-state index in [4.69, 9.17) is 4.74 Å². The fourth-order valence-electron chi connectivity index (χ4n) is 5.63. The number of fused-ring (bicyclic) bond motifs is 1. The zero-order valence-electron chi connectivity index (χ0n) is 21.3. The van der Waals surface area contributed by atoms with Crippen LogP contribution in [0.2, 0.25) is 0 Å². The summed E-state index contributed by atoms with van der Waals surface area (Å²) in [5.74, 6) is 0.183. The van der Waals surface area contributed by atoms with Crippen molar-refractivity contribution < 1.29 is 19.0 Å². The molecule has 36 heavy (non-hydrogen) atoms. The standard InChI is InChI=1S/C30H37FN2O3/c1-21-5-3-6-22(17-21)7-4-15-33-16-13-23(24(20-33)18-30(34)35)8-10-28(31)26-12-14-32-29-11-9-25(36-2)19-27(26)29/h3,5-6,9,11-12,14,17,19,23-24,28H,4,7-8,10,13,15-16,18,20H2,1-2H3,(H,34,35)/t23-,24+,28-/m1/s1. The Morgan fingerprint density at radius 1 is 1.22 bits per heavy atom. The van der Waals surface area contributed by atoms with Crippen LogP contribution in [0, 0.1) is 18.8 Å². The highest BCUT2D eigenvalue weighted by atomic mass is 19.1. The van der Waals surface area contributed by atoms with Crippen molar-refractivity contribution in [1.82, 2.24) is 9.88 Å². The van der Waals surface area contributed by atoms with Crippen molar-refractivity contribution in [3.05, 3.63) is 71.4 Å². The quantitative estimate of drug-likeness (QED) is 0.336. The van der Waals surface area contributed by atoms with Crippen molar-refractivity contribution in [1.29, 1.82) is 0 Å². The first-order valence-electron chi connectivity index (χ1n) is 13.0. The van der Waals surface area contributed by atoms with Crippen molar-refractivity contribution >= 4 is 16.9 Å². The molecule has 0 aliphatic carbocycles. The van der Waals surface area contributed by atoms with Crippen LogP contribution in [0.3, 0.4) is 0 Å². The van der Waals surface area contributed by atoms with Gasteiger partial charge in [-0.1, -0.05) is 29.8 Å². The molecule has 0 saturated carbocycles.